The van der Waals surface area contributed by atoms with Gasteiger partial charge in [-0.2, -0.15) is 0 Å². The van der Waals surface area contributed by atoms with Crippen molar-refractivity contribution < 1.29 is 0 Å². The van der Waals surface area contributed by atoms with Gasteiger partial charge in [0.25, 0.3) is 0 Å². The van der Waals surface area contributed by atoms with Crippen molar-refractivity contribution >= 4 is 0 Å². The van der Waals surface area contributed by atoms with Gasteiger partial charge >= 0.3 is 0 Å². The lowest BCUT2D eigenvalue weighted by Gasteiger charge is -2.42. The second kappa shape index (κ2) is 7.37. The van der Waals surface area contributed by atoms with Gasteiger partial charge in [0.2, 0.25) is 0 Å². The van der Waals surface area contributed by atoms with Gasteiger partial charge in [0.1, 0.15) is 0 Å². The summed E-state index contributed by atoms with van der Waals surface area (Å²) in [6.07, 6.45) is 1.25. The van der Waals surface area contributed by atoms with Crippen LogP contribution in [-0.2, 0) is 6.54 Å². The van der Waals surface area contributed by atoms with Crippen LogP contribution < -0.4 is 5.32 Å². The topological polar surface area (TPSA) is 28.2 Å². The van der Waals surface area contributed by atoms with E-state index in [4.69, 9.17) is 0 Å². The SMILES string of the molecule is Cc1cccc(CN2CC(CC(C)C)NCC2C(C)C)n1. The van der Waals surface area contributed by atoms with E-state index in [1.165, 1.54) is 12.1 Å². The van der Waals surface area contributed by atoms with E-state index in [-0.39, 0.29) is 0 Å². The van der Waals surface area contributed by atoms with E-state index >= 15 is 0 Å². The molecular weight excluding hydrogens is 258 g/mol. The first-order valence-electron chi connectivity index (χ1n) is 8.35. The maximum atomic E-state index is 4.68. The second-order valence-electron chi connectivity index (χ2n) is 7.25. The molecule has 3 heteroatoms. The standard InChI is InChI=1S/C18H31N3/c1-13(2)9-17-12-21(18(10-19-17)14(3)4)11-16-8-6-7-15(5)20-16/h6-8,13-14,17-19H,9-12H2,1-5H3. The van der Waals surface area contributed by atoms with Gasteiger partial charge in [-0.15, -0.1) is 0 Å². The van der Waals surface area contributed by atoms with Crippen LogP contribution >= 0.6 is 0 Å². The molecule has 1 aliphatic rings. The summed E-state index contributed by atoms with van der Waals surface area (Å²) in [6, 6.07) is 7.57. The van der Waals surface area contributed by atoms with E-state index in [1.807, 2.05) is 0 Å². The minimum atomic E-state index is 0.607. The minimum Gasteiger partial charge on any atom is -0.311 e. The minimum absolute atomic E-state index is 0.607. The van der Waals surface area contributed by atoms with Crippen molar-refractivity contribution in [2.24, 2.45) is 11.8 Å². The quantitative estimate of drug-likeness (QED) is 0.902. The summed E-state index contributed by atoms with van der Waals surface area (Å²) in [7, 11) is 0. The Morgan fingerprint density at radius 3 is 2.67 bits per heavy atom. The Morgan fingerprint density at radius 2 is 2.05 bits per heavy atom. The van der Waals surface area contributed by atoms with Crippen LogP contribution in [0.1, 0.15) is 45.5 Å². The van der Waals surface area contributed by atoms with Gasteiger partial charge in [-0.05, 0) is 37.3 Å². The zero-order valence-electron chi connectivity index (χ0n) is 14.3. The fraction of sp³-hybridized carbons (Fsp3) is 0.722. The van der Waals surface area contributed by atoms with Crippen molar-refractivity contribution in [1.29, 1.82) is 0 Å². The molecule has 0 aliphatic carbocycles. The fourth-order valence-corrected chi connectivity index (χ4v) is 3.36. The molecule has 2 unspecified atom stereocenters. The molecule has 3 nitrogen and oxygen atoms in total. The number of nitrogens with zero attached hydrogens (tertiary/aromatic N) is 2. The molecule has 1 saturated heterocycles. The number of hydrogen-bond donors (Lipinski definition) is 1. The van der Waals surface area contributed by atoms with E-state index in [9.17, 15) is 0 Å². The monoisotopic (exact) mass is 289 g/mol. The molecule has 1 fully saturated rings. The Bertz CT molecular complexity index is 442. The van der Waals surface area contributed by atoms with Crippen LogP contribution in [0.2, 0.25) is 0 Å². The Labute approximate surface area is 130 Å². The van der Waals surface area contributed by atoms with Gasteiger partial charge in [0, 0.05) is 37.4 Å². The zero-order valence-corrected chi connectivity index (χ0v) is 14.3. The normalized spacial score (nSPS) is 24.0. The highest BCUT2D eigenvalue weighted by molar-refractivity contribution is 5.10. The Kier molecular flexibility index (Phi) is 5.77. The van der Waals surface area contributed by atoms with Crippen molar-refractivity contribution in [2.45, 2.75) is 59.7 Å². The lowest BCUT2D eigenvalue weighted by molar-refractivity contribution is 0.0840. The Morgan fingerprint density at radius 1 is 1.29 bits per heavy atom. The Hall–Kier alpha value is -0.930. The predicted octanol–water partition coefficient (Wildman–Crippen LogP) is 3.23. The third-order valence-electron chi connectivity index (χ3n) is 4.38. The van der Waals surface area contributed by atoms with Crippen LogP contribution in [0, 0.1) is 18.8 Å². The van der Waals surface area contributed by atoms with Crippen LogP contribution in [0.15, 0.2) is 18.2 Å². The average Bonchev–Trinajstić information content (AvgIpc) is 2.37. The molecule has 118 valence electrons. The number of aryl methyl sites for hydroxylation is 1. The van der Waals surface area contributed by atoms with Crippen molar-refractivity contribution in [3.63, 3.8) is 0 Å². The summed E-state index contributed by atoms with van der Waals surface area (Å²) >= 11 is 0. The first-order valence-corrected chi connectivity index (χ1v) is 8.35. The maximum Gasteiger partial charge on any atom is 0.0547 e. The molecule has 2 heterocycles. The number of aromatic nitrogens is 1. The molecule has 1 N–H and O–H groups in total. The second-order valence-corrected chi connectivity index (χ2v) is 7.25. The van der Waals surface area contributed by atoms with Crippen molar-refractivity contribution in [2.75, 3.05) is 13.1 Å². The average molecular weight is 289 g/mol. The van der Waals surface area contributed by atoms with Gasteiger partial charge in [-0.1, -0.05) is 33.8 Å². The number of piperazine rings is 1. The third-order valence-corrected chi connectivity index (χ3v) is 4.38. The summed E-state index contributed by atoms with van der Waals surface area (Å²) in [5, 5.41) is 3.75. The summed E-state index contributed by atoms with van der Waals surface area (Å²) in [4.78, 5) is 7.32. The maximum absolute atomic E-state index is 4.68. The first kappa shape index (κ1) is 16.4. The van der Waals surface area contributed by atoms with Gasteiger partial charge in [-0.25, -0.2) is 0 Å². The summed E-state index contributed by atoms with van der Waals surface area (Å²) in [5.74, 6) is 1.42. The lowest BCUT2D eigenvalue weighted by Crippen LogP contribution is -2.58. The van der Waals surface area contributed by atoms with Crippen molar-refractivity contribution in [1.82, 2.24) is 15.2 Å². The molecule has 21 heavy (non-hydrogen) atoms. The fourth-order valence-electron chi connectivity index (χ4n) is 3.36. The molecule has 0 spiro atoms. The van der Waals surface area contributed by atoms with E-state index in [2.05, 4.69) is 68.0 Å². The predicted molar refractivity (Wildman–Crippen MR) is 89.3 cm³/mol. The van der Waals surface area contributed by atoms with Gasteiger partial charge < -0.3 is 5.32 Å². The number of hydrogen-bond acceptors (Lipinski definition) is 3. The number of nitrogens with one attached hydrogen (secondary N) is 1. The molecular formula is C18H31N3. The van der Waals surface area contributed by atoms with Crippen LogP contribution in [0.4, 0.5) is 0 Å². The van der Waals surface area contributed by atoms with Crippen molar-refractivity contribution in [3.05, 3.63) is 29.6 Å². The zero-order chi connectivity index (χ0) is 15.4. The smallest absolute Gasteiger partial charge is 0.0547 e. The van der Waals surface area contributed by atoms with E-state index in [0.29, 0.717) is 18.0 Å². The number of pyridine rings is 1. The van der Waals surface area contributed by atoms with Crippen LogP contribution in [0.5, 0.6) is 0 Å². The van der Waals surface area contributed by atoms with E-state index in [1.54, 1.807) is 0 Å². The highest BCUT2D eigenvalue weighted by Crippen LogP contribution is 2.20. The number of rotatable bonds is 5. The molecule has 2 atom stereocenters. The molecule has 1 aliphatic heterocycles. The molecule has 0 aromatic carbocycles. The molecule has 1 aromatic heterocycles. The highest BCUT2D eigenvalue weighted by atomic mass is 15.2. The molecule has 0 bridgehead atoms. The molecule has 2 rings (SSSR count). The Balaban J connectivity index is 2.06. The lowest BCUT2D eigenvalue weighted by atomic mass is 9.95. The largest absolute Gasteiger partial charge is 0.311 e. The summed E-state index contributed by atoms with van der Waals surface area (Å²) in [6.45, 7) is 14.5. The summed E-state index contributed by atoms with van der Waals surface area (Å²) < 4.78 is 0. The van der Waals surface area contributed by atoms with E-state index < -0.39 is 0 Å². The summed E-state index contributed by atoms with van der Waals surface area (Å²) in [5.41, 5.74) is 2.31. The van der Waals surface area contributed by atoms with Gasteiger partial charge in [0.05, 0.1) is 5.69 Å². The molecule has 0 amide bonds. The third kappa shape index (κ3) is 4.79. The van der Waals surface area contributed by atoms with Crippen molar-refractivity contribution in [3.8, 4) is 0 Å². The van der Waals surface area contributed by atoms with Gasteiger partial charge in [0.15, 0.2) is 0 Å². The molecule has 0 saturated carbocycles. The van der Waals surface area contributed by atoms with Crippen LogP contribution in [-0.4, -0.2) is 35.1 Å². The first-order chi connectivity index (χ1) is 9.95. The molecule has 1 aromatic rings. The van der Waals surface area contributed by atoms with Crippen LogP contribution in [0.25, 0.3) is 0 Å². The van der Waals surface area contributed by atoms with E-state index in [0.717, 1.165) is 31.2 Å². The van der Waals surface area contributed by atoms with Crippen LogP contribution in [0.3, 0.4) is 0 Å². The van der Waals surface area contributed by atoms with Gasteiger partial charge in [-0.3, -0.25) is 9.88 Å². The molecule has 0 radical (unpaired) electrons. The highest BCUT2D eigenvalue weighted by Gasteiger charge is 2.30.